The van der Waals surface area contributed by atoms with Crippen LogP contribution in [-0.4, -0.2) is 54.8 Å². The number of hydrogen-bond donors (Lipinski definition) is 0. The zero-order chi connectivity index (χ0) is 9.64. The quantitative estimate of drug-likeness (QED) is 0.594. The Hall–Kier alpha value is 0.310. The Bertz CT molecular complexity index is 178. The van der Waals surface area contributed by atoms with Crippen LogP contribution in [0.4, 0.5) is 0 Å². The smallest absolute Gasteiger partial charge is 0.119 e. The molecular formula is C9H20N3P. The molecule has 76 valence electrons. The van der Waals surface area contributed by atoms with Gasteiger partial charge in [-0.15, -0.1) is 0 Å². The van der Waals surface area contributed by atoms with Crippen LogP contribution in [0.25, 0.3) is 0 Å². The monoisotopic (exact) mass is 201 g/mol. The molecule has 3 fully saturated rings. The lowest BCUT2D eigenvalue weighted by Gasteiger charge is -2.59. The standard InChI is InChI=1S/C9H20N3P/c1-5-9-6-10(2)13(11(3)7-9)12(4)8-9/h5-8H2,1-4H3. The van der Waals surface area contributed by atoms with Gasteiger partial charge in [-0.1, -0.05) is 6.92 Å². The molecule has 0 aromatic heterocycles. The summed E-state index contributed by atoms with van der Waals surface area (Å²) in [6.07, 6.45) is 1.30. The third kappa shape index (κ3) is 1.42. The van der Waals surface area contributed by atoms with E-state index in [-0.39, 0.29) is 8.37 Å². The van der Waals surface area contributed by atoms with Gasteiger partial charge in [0.1, 0.15) is 8.37 Å². The largest absolute Gasteiger partial charge is 0.260 e. The second-order valence-electron chi connectivity index (χ2n) is 4.57. The van der Waals surface area contributed by atoms with Crippen molar-refractivity contribution in [1.29, 1.82) is 0 Å². The van der Waals surface area contributed by atoms with Crippen molar-refractivity contribution in [2.45, 2.75) is 13.3 Å². The lowest BCUT2D eigenvalue weighted by Crippen LogP contribution is -2.59. The summed E-state index contributed by atoms with van der Waals surface area (Å²) >= 11 is 0. The van der Waals surface area contributed by atoms with E-state index < -0.39 is 0 Å². The van der Waals surface area contributed by atoms with Crippen LogP contribution in [0.5, 0.6) is 0 Å². The highest BCUT2D eigenvalue weighted by Gasteiger charge is 2.48. The Balaban J connectivity index is 2.24. The maximum Gasteiger partial charge on any atom is 0.119 e. The van der Waals surface area contributed by atoms with Crippen molar-refractivity contribution in [2.75, 3.05) is 40.8 Å². The lowest BCUT2D eigenvalue weighted by molar-refractivity contribution is 0.0812. The van der Waals surface area contributed by atoms with E-state index >= 15 is 0 Å². The lowest BCUT2D eigenvalue weighted by atomic mass is 9.84. The van der Waals surface area contributed by atoms with Gasteiger partial charge in [0, 0.05) is 25.0 Å². The van der Waals surface area contributed by atoms with E-state index in [1.165, 1.54) is 26.1 Å². The Kier molecular flexibility index (Phi) is 2.40. The van der Waals surface area contributed by atoms with Crippen LogP contribution in [0, 0.1) is 5.41 Å². The highest BCUT2D eigenvalue weighted by molar-refractivity contribution is 7.50. The fraction of sp³-hybridized carbons (Fsp3) is 1.00. The molecule has 0 radical (unpaired) electrons. The molecule has 3 aliphatic rings. The van der Waals surface area contributed by atoms with Gasteiger partial charge in [-0.25, -0.2) is 0 Å². The van der Waals surface area contributed by atoms with E-state index in [1.54, 1.807) is 0 Å². The second-order valence-corrected chi connectivity index (χ2v) is 7.15. The predicted molar refractivity (Wildman–Crippen MR) is 57.5 cm³/mol. The average molecular weight is 201 g/mol. The van der Waals surface area contributed by atoms with Crippen LogP contribution in [0.1, 0.15) is 13.3 Å². The molecule has 3 rings (SSSR count). The van der Waals surface area contributed by atoms with Crippen LogP contribution >= 0.6 is 8.37 Å². The number of fused-ring (bicyclic) bond motifs is 3. The summed E-state index contributed by atoms with van der Waals surface area (Å²) in [5, 5.41) is 0. The van der Waals surface area contributed by atoms with Gasteiger partial charge in [-0.3, -0.25) is 14.0 Å². The van der Waals surface area contributed by atoms with Crippen LogP contribution in [0.3, 0.4) is 0 Å². The molecule has 0 saturated carbocycles. The molecule has 3 saturated heterocycles. The van der Waals surface area contributed by atoms with Gasteiger partial charge in [0.2, 0.25) is 0 Å². The molecule has 0 amide bonds. The van der Waals surface area contributed by atoms with Crippen LogP contribution in [-0.2, 0) is 0 Å². The number of hydrogen-bond acceptors (Lipinski definition) is 3. The van der Waals surface area contributed by atoms with Gasteiger partial charge in [0.05, 0.1) is 0 Å². The third-order valence-corrected chi connectivity index (χ3v) is 5.62. The summed E-state index contributed by atoms with van der Waals surface area (Å²) in [4.78, 5) is 0. The average Bonchev–Trinajstić information content (AvgIpc) is 2.02. The number of rotatable bonds is 1. The van der Waals surface area contributed by atoms with Crippen LogP contribution in [0.2, 0.25) is 0 Å². The van der Waals surface area contributed by atoms with E-state index in [1.807, 2.05) is 0 Å². The van der Waals surface area contributed by atoms with E-state index in [2.05, 4.69) is 42.1 Å². The molecule has 13 heavy (non-hydrogen) atoms. The minimum atomic E-state index is -0.125. The van der Waals surface area contributed by atoms with Gasteiger partial charge in [-0.05, 0) is 27.6 Å². The highest BCUT2D eigenvalue weighted by Crippen LogP contribution is 2.57. The minimum Gasteiger partial charge on any atom is -0.260 e. The Morgan fingerprint density at radius 1 is 1.00 bits per heavy atom. The molecule has 0 N–H and O–H groups in total. The molecule has 0 unspecified atom stereocenters. The molecule has 3 heterocycles. The molecule has 0 aromatic carbocycles. The Morgan fingerprint density at radius 3 is 1.69 bits per heavy atom. The summed E-state index contributed by atoms with van der Waals surface area (Å²) in [5.41, 5.74) is 0.537. The van der Waals surface area contributed by atoms with E-state index in [0.717, 1.165) is 0 Å². The molecule has 0 aliphatic carbocycles. The molecule has 0 atom stereocenters. The van der Waals surface area contributed by atoms with E-state index in [4.69, 9.17) is 0 Å². The van der Waals surface area contributed by atoms with Gasteiger partial charge in [0.25, 0.3) is 0 Å². The van der Waals surface area contributed by atoms with E-state index in [0.29, 0.717) is 5.41 Å². The van der Waals surface area contributed by atoms with Gasteiger partial charge in [0.15, 0.2) is 0 Å². The van der Waals surface area contributed by atoms with Crippen molar-refractivity contribution in [1.82, 2.24) is 14.0 Å². The molecular weight excluding hydrogens is 181 g/mol. The predicted octanol–water partition coefficient (Wildman–Crippen LogP) is 1.43. The first kappa shape index (κ1) is 9.85. The Morgan fingerprint density at radius 2 is 1.38 bits per heavy atom. The molecule has 0 spiro atoms. The zero-order valence-corrected chi connectivity index (χ0v) is 10.0. The van der Waals surface area contributed by atoms with Crippen molar-refractivity contribution < 1.29 is 0 Å². The van der Waals surface area contributed by atoms with Crippen LogP contribution in [0.15, 0.2) is 0 Å². The normalized spacial score (nSPS) is 42.9. The minimum absolute atomic E-state index is 0.125. The molecule has 3 nitrogen and oxygen atoms in total. The highest BCUT2D eigenvalue weighted by atomic mass is 31.2. The summed E-state index contributed by atoms with van der Waals surface area (Å²) < 4.78 is 7.60. The molecule has 2 bridgehead atoms. The first-order valence-electron chi connectivity index (χ1n) is 5.01. The SMILES string of the molecule is CCC12CN(C)P(N(C)C1)N(C)C2. The first-order chi connectivity index (χ1) is 6.08. The van der Waals surface area contributed by atoms with Crippen molar-refractivity contribution in [3.63, 3.8) is 0 Å². The van der Waals surface area contributed by atoms with Crippen molar-refractivity contribution in [3.8, 4) is 0 Å². The topological polar surface area (TPSA) is 9.72 Å². The van der Waals surface area contributed by atoms with Gasteiger partial charge >= 0.3 is 0 Å². The van der Waals surface area contributed by atoms with Crippen molar-refractivity contribution in [3.05, 3.63) is 0 Å². The second kappa shape index (κ2) is 3.16. The van der Waals surface area contributed by atoms with Gasteiger partial charge in [-0.2, -0.15) is 0 Å². The first-order valence-corrected chi connectivity index (χ1v) is 6.21. The number of nitrogens with zero attached hydrogens (tertiary/aromatic N) is 3. The molecule has 3 aliphatic heterocycles. The maximum absolute atomic E-state index is 2.53. The summed E-state index contributed by atoms with van der Waals surface area (Å²) in [7, 11) is 6.67. The van der Waals surface area contributed by atoms with Crippen molar-refractivity contribution >= 4 is 8.37 Å². The summed E-state index contributed by atoms with van der Waals surface area (Å²) in [6, 6.07) is 0. The Labute approximate surface area is 82.6 Å². The van der Waals surface area contributed by atoms with E-state index in [9.17, 15) is 0 Å². The summed E-state index contributed by atoms with van der Waals surface area (Å²) in [6.45, 7) is 6.21. The third-order valence-electron chi connectivity index (χ3n) is 3.36. The zero-order valence-electron chi connectivity index (χ0n) is 9.12. The van der Waals surface area contributed by atoms with Gasteiger partial charge < -0.3 is 0 Å². The fourth-order valence-electron chi connectivity index (χ4n) is 2.91. The molecule has 0 aromatic rings. The van der Waals surface area contributed by atoms with Crippen molar-refractivity contribution in [2.24, 2.45) is 5.41 Å². The van der Waals surface area contributed by atoms with Crippen LogP contribution < -0.4 is 0 Å². The molecule has 4 heteroatoms. The fourth-order valence-corrected chi connectivity index (χ4v) is 5.76. The maximum atomic E-state index is 2.53. The summed E-state index contributed by atoms with van der Waals surface area (Å²) in [5.74, 6) is 0.